The number of nitrogens with one attached hydrogen (secondary N) is 1. The fourth-order valence-corrected chi connectivity index (χ4v) is 7.65. The molecule has 40 heavy (non-hydrogen) atoms. The van der Waals surface area contributed by atoms with Gasteiger partial charge >= 0.3 is 0 Å². The molecule has 2 unspecified atom stereocenters. The topological polar surface area (TPSA) is 142 Å². The number of hydrogen-bond donors (Lipinski definition) is 2. The average molecular weight is 564 g/mol. The Morgan fingerprint density at radius 3 is 2.58 bits per heavy atom. The van der Waals surface area contributed by atoms with Gasteiger partial charge in [0.1, 0.15) is 0 Å². The number of benzene rings is 1. The first-order chi connectivity index (χ1) is 19.1. The van der Waals surface area contributed by atoms with Gasteiger partial charge in [0, 0.05) is 57.7 Å². The fraction of sp³-hybridized carbons (Fsp3) is 0.448. The molecule has 3 heterocycles. The van der Waals surface area contributed by atoms with Crippen molar-refractivity contribution in [1.29, 1.82) is 10.0 Å². The molecule has 3 atom stereocenters. The molecule has 11 heteroatoms. The number of pyridine rings is 1. The SMILES string of the molecule is Cc1c(-c2ccc(N3CCS(=N)(=O)CC3)cc2)c(C2CCCCC2(C(N)=O)[C@H](C)C#N)nn1-c1ncccc1F. The van der Waals surface area contributed by atoms with E-state index in [2.05, 4.69) is 16.0 Å². The third kappa shape index (κ3) is 4.74. The molecule has 1 aromatic carbocycles. The molecule has 1 amide bonds. The van der Waals surface area contributed by atoms with Crippen LogP contribution < -0.4 is 10.6 Å². The predicted molar refractivity (Wildman–Crippen MR) is 152 cm³/mol. The normalized spacial score (nSPS) is 23.4. The van der Waals surface area contributed by atoms with E-state index in [-0.39, 0.29) is 5.82 Å². The molecule has 2 aromatic heterocycles. The molecule has 3 N–H and O–H groups in total. The Labute approximate surface area is 234 Å². The molecule has 1 aliphatic heterocycles. The Kier molecular flexibility index (Phi) is 7.40. The highest BCUT2D eigenvalue weighted by molar-refractivity contribution is 7.92. The van der Waals surface area contributed by atoms with Crippen LogP contribution in [-0.2, 0) is 14.5 Å². The number of anilines is 1. The zero-order chi connectivity index (χ0) is 28.7. The lowest BCUT2D eigenvalue weighted by Gasteiger charge is -2.43. The number of primary amides is 1. The van der Waals surface area contributed by atoms with Gasteiger partial charge in [-0.15, -0.1) is 0 Å². The first kappa shape index (κ1) is 27.8. The van der Waals surface area contributed by atoms with E-state index in [1.54, 1.807) is 6.92 Å². The molecule has 1 saturated carbocycles. The number of nitriles is 1. The van der Waals surface area contributed by atoms with Crippen molar-refractivity contribution < 1.29 is 13.4 Å². The van der Waals surface area contributed by atoms with Gasteiger partial charge in [-0.25, -0.2) is 18.3 Å². The zero-order valence-electron chi connectivity index (χ0n) is 22.8. The van der Waals surface area contributed by atoms with Crippen molar-refractivity contribution in [3.8, 4) is 23.0 Å². The van der Waals surface area contributed by atoms with Crippen LogP contribution in [0.4, 0.5) is 10.1 Å². The smallest absolute Gasteiger partial charge is 0.225 e. The van der Waals surface area contributed by atoms with Crippen LogP contribution in [0.3, 0.4) is 0 Å². The average Bonchev–Trinajstić information content (AvgIpc) is 3.29. The van der Waals surface area contributed by atoms with Crippen LogP contribution in [0.2, 0.25) is 0 Å². The number of nitrogens with zero attached hydrogens (tertiary/aromatic N) is 5. The van der Waals surface area contributed by atoms with Gasteiger partial charge in [0.25, 0.3) is 0 Å². The maximum atomic E-state index is 14.9. The summed E-state index contributed by atoms with van der Waals surface area (Å²) in [6.45, 7) is 4.70. The van der Waals surface area contributed by atoms with E-state index in [0.717, 1.165) is 29.7 Å². The molecular weight excluding hydrogens is 529 g/mol. The van der Waals surface area contributed by atoms with Crippen LogP contribution in [-0.4, -0.2) is 49.5 Å². The largest absolute Gasteiger partial charge is 0.370 e. The second-order valence-corrected chi connectivity index (χ2v) is 13.3. The summed E-state index contributed by atoms with van der Waals surface area (Å²) >= 11 is 0. The minimum Gasteiger partial charge on any atom is -0.370 e. The van der Waals surface area contributed by atoms with Crippen molar-refractivity contribution in [2.75, 3.05) is 29.5 Å². The number of halogens is 1. The van der Waals surface area contributed by atoms with Gasteiger partial charge in [-0.3, -0.25) is 9.57 Å². The summed E-state index contributed by atoms with van der Waals surface area (Å²) in [5.74, 6) is -1.35. The minimum absolute atomic E-state index is 0.0604. The number of nitrogens with two attached hydrogens (primary N) is 1. The lowest BCUT2D eigenvalue weighted by atomic mass is 9.58. The van der Waals surface area contributed by atoms with E-state index in [1.807, 2.05) is 31.2 Å². The van der Waals surface area contributed by atoms with E-state index in [4.69, 9.17) is 15.6 Å². The summed E-state index contributed by atoms with van der Waals surface area (Å²) in [7, 11) is -2.50. The zero-order valence-corrected chi connectivity index (χ0v) is 23.6. The Morgan fingerprint density at radius 2 is 1.95 bits per heavy atom. The van der Waals surface area contributed by atoms with Crippen LogP contribution >= 0.6 is 0 Å². The standard InChI is InChI=1S/C29H34FN7O2S/c1-19(18-31)29(28(32)38)12-4-3-6-23(29)26-25(20(2)37(35-26)27-24(30)7-5-13-34-27)21-8-10-22(11-9-21)36-14-16-40(33,39)17-15-36/h5,7-11,13,19,23,33H,3-4,6,12,14-17H2,1-2H3,(H2,32,38)/t19-,23?,29?/m1/s1. The molecule has 0 bridgehead atoms. The number of aromatic nitrogens is 3. The maximum Gasteiger partial charge on any atom is 0.225 e. The summed E-state index contributed by atoms with van der Waals surface area (Å²) in [5.41, 5.74) is 8.81. The number of rotatable bonds is 6. The van der Waals surface area contributed by atoms with Crippen LogP contribution in [0.15, 0.2) is 42.6 Å². The van der Waals surface area contributed by atoms with Crippen molar-refractivity contribution >= 4 is 21.3 Å². The van der Waals surface area contributed by atoms with Crippen molar-refractivity contribution in [2.24, 2.45) is 17.1 Å². The molecule has 2 aliphatic rings. The highest BCUT2D eigenvalue weighted by atomic mass is 32.2. The molecule has 3 aromatic rings. The molecule has 0 spiro atoms. The number of amides is 1. The Bertz CT molecular complexity index is 1560. The van der Waals surface area contributed by atoms with Crippen molar-refractivity contribution in [2.45, 2.75) is 45.4 Å². The van der Waals surface area contributed by atoms with E-state index < -0.39 is 38.7 Å². The van der Waals surface area contributed by atoms with Gasteiger partial charge in [-0.05, 0) is 56.5 Å². The van der Waals surface area contributed by atoms with Gasteiger partial charge in [0.05, 0.1) is 28.8 Å². The highest BCUT2D eigenvalue weighted by Crippen LogP contribution is 2.53. The molecule has 0 radical (unpaired) electrons. The van der Waals surface area contributed by atoms with Gasteiger partial charge in [-0.2, -0.15) is 10.4 Å². The number of hydrogen-bond acceptors (Lipinski definition) is 7. The van der Waals surface area contributed by atoms with E-state index in [0.29, 0.717) is 48.8 Å². The fourth-order valence-electron chi connectivity index (χ4n) is 6.41. The molecular formula is C29H34FN7O2S. The lowest BCUT2D eigenvalue weighted by molar-refractivity contribution is -0.133. The van der Waals surface area contributed by atoms with Gasteiger partial charge in [0.15, 0.2) is 11.6 Å². The summed E-state index contributed by atoms with van der Waals surface area (Å²) in [4.78, 5) is 19.5. The molecule has 9 nitrogen and oxygen atoms in total. The number of carbonyl (C=O) groups is 1. The molecule has 5 rings (SSSR count). The summed E-state index contributed by atoms with van der Waals surface area (Å²) in [6.07, 6.45) is 4.26. The third-order valence-corrected chi connectivity index (χ3v) is 10.4. The van der Waals surface area contributed by atoms with E-state index in [9.17, 15) is 18.7 Å². The van der Waals surface area contributed by atoms with Gasteiger partial charge < -0.3 is 10.6 Å². The first-order valence-electron chi connectivity index (χ1n) is 13.6. The van der Waals surface area contributed by atoms with Crippen molar-refractivity contribution in [3.05, 3.63) is 59.8 Å². The molecule has 1 saturated heterocycles. The monoisotopic (exact) mass is 563 g/mol. The molecule has 2 fully saturated rings. The minimum atomic E-state index is -2.50. The summed E-state index contributed by atoms with van der Waals surface area (Å²) in [6, 6.07) is 13.0. The first-order valence-corrected chi connectivity index (χ1v) is 15.5. The Hall–Kier alpha value is -3.78. The number of carbonyl (C=O) groups excluding carboxylic acids is 1. The molecule has 1 aliphatic carbocycles. The second-order valence-electron chi connectivity index (χ2n) is 10.9. The summed E-state index contributed by atoms with van der Waals surface area (Å²) in [5, 5.41) is 14.8. The van der Waals surface area contributed by atoms with Crippen molar-refractivity contribution in [3.63, 3.8) is 0 Å². The van der Waals surface area contributed by atoms with Gasteiger partial charge in [0.2, 0.25) is 5.91 Å². The Morgan fingerprint density at radius 1 is 1.25 bits per heavy atom. The molecule has 210 valence electrons. The third-order valence-electron chi connectivity index (χ3n) is 8.70. The predicted octanol–water partition coefficient (Wildman–Crippen LogP) is 4.54. The lowest BCUT2D eigenvalue weighted by Crippen LogP contribution is -2.48. The van der Waals surface area contributed by atoms with Crippen LogP contribution in [0, 0.1) is 40.2 Å². The van der Waals surface area contributed by atoms with E-state index in [1.165, 1.54) is 23.0 Å². The quantitative estimate of drug-likeness (QED) is 0.451. The van der Waals surface area contributed by atoms with Crippen LogP contribution in [0.25, 0.3) is 16.9 Å². The second kappa shape index (κ2) is 10.7. The van der Waals surface area contributed by atoms with E-state index >= 15 is 0 Å². The Balaban J connectivity index is 1.66. The van der Waals surface area contributed by atoms with Crippen LogP contribution in [0.1, 0.15) is 49.9 Å². The van der Waals surface area contributed by atoms with Crippen molar-refractivity contribution in [1.82, 2.24) is 14.8 Å². The highest BCUT2D eigenvalue weighted by Gasteiger charge is 2.52. The summed E-state index contributed by atoms with van der Waals surface area (Å²) < 4.78 is 36.4. The maximum absolute atomic E-state index is 14.9. The van der Waals surface area contributed by atoms with Crippen LogP contribution in [0.5, 0.6) is 0 Å². The van der Waals surface area contributed by atoms with Gasteiger partial charge in [-0.1, -0.05) is 25.0 Å².